The topological polar surface area (TPSA) is 0 Å². The summed E-state index contributed by atoms with van der Waals surface area (Å²) in [5.41, 5.74) is 0. The van der Waals surface area contributed by atoms with Crippen molar-refractivity contribution in [3.05, 3.63) is 54.6 Å². The highest BCUT2D eigenvalue weighted by Crippen LogP contribution is 2.72. The van der Waals surface area contributed by atoms with Gasteiger partial charge in [-0.25, -0.2) is 0 Å². The maximum Gasteiger partial charge on any atom is 0.0540 e. The minimum atomic E-state index is -0.134. The number of rotatable bonds is 1. The Balaban J connectivity index is 1.91. The van der Waals surface area contributed by atoms with Gasteiger partial charge < -0.3 is 0 Å². The second-order valence-corrected chi connectivity index (χ2v) is 9.48. The van der Waals surface area contributed by atoms with Crippen LogP contribution in [0, 0.1) is 0 Å². The molecule has 1 aliphatic heterocycles. The van der Waals surface area contributed by atoms with Gasteiger partial charge in [0.1, 0.15) is 0 Å². The third-order valence-electron chi connectivity index (χ3n) is 2.18. The first-order valence-electron chi connectivity index (χ1n) is 4.74. The van der Waals surface area contributed by atoms with Crippen molar-refractivity contribution in [2.45, 2.75) is 9.79 Å². The van der Waals surface area contributed by atoms with Crippen molar-refractivity contribution in [3.63, 3.8) is 0 Å². The average molecular weight is 248 g/mol. The number of hydrogen-bond donors (Lipinski definition) is 0. The molecule has 0 amide bonds. The zero-order valence-corrected chi connectivity index (χ0v) is 10.5. The van der Waals surface area contributed by atoms with E-state index in [-0.39, 0.29) is 6.33 Å². The van der Waals surface area contributed by atoms with Crippen LogP contribution >= 0.6 is 29.1 Å². The fraction of sp³-hybridized carbons (Fsp3) is 0. The smallest absolute Gasteiger partial charge is 0.0540 e. The van der Waals surface area contributed by atoms with Crippen LogP contribution in [-0.2, 0) is 0 Å². The molecule has 0 aromatic heterocycles. The van der Waals surface area contributed by atoms with Crippen LogP contribution in [-0.4, -0.2) is 0 Å². The molecule has 2 aromatic rings. The Labute approximate surface area is 98.7 Å². The van der Waals surface area contributed by atoms with E-state index in [0.717, 1.165) is 0 Å². The second-order valence-electron chi connectivity index (χ2n) is 3.22. The van der Waals surface area contributed by atoms with E-state index >= 15 is 0 Å². The van der Waals surface area contributed by atoms with Gasteiger partial charge in [0.25, 0.3) is 0 Å². The molecule has 1 heterocycles. The van der Waals surface area contributed by atoms with Crippen LogP contribution in [0.25, 0.3) is 0 Å². The van der Waals surface area contributed by atoms with E-state index in [1.54, 1.807) is 0 Å². The summed E-state index contributed by atoms with van der Waals surface area (Å²) in [4.78, 5) is 2.88. The van der Waals surface area contributed by atoms with E-state index in [4.69, 9.17) is 0 Å². The predicted octanol–water partition coefficient (Wildman–Crippen LogP) is 4.52. The zero-order valence-electron chi connectivity index (χ0n) is 7.96. The lowest BCUT2D eigenvalue weighted by atomic mass is 10.4. The molecule has 0 saturated carbocycles. The molecule has 0 N–H and O–H groups in total. The monoisotopic (exact) mass is 248 g/mol. The first-order valence-corrected chi connectivity index (χ1v) is 8.92. The van der Waals surface area contributed by atoms with E-state index in [1.807, 2.05) is 22.8 Å². The van der Waals surface area contributed by atoms with Crippen LogP contribution in [0.15, 0.2) is 64.4 Å². The molecule has 74 valence electrons. The van der Waals surface area contributed by atoms with Crippen LogP contribution < -0.4 is 5.30 Å². The maximum absolute atomic E-state index is 2.23. The average Bonchev–Trinajstić information content (AvgIpc) is 2.74. The van der Waals surface area contributed by atoms with Gasteiger partial charge in [-0.1, -0.05) is 65.2 Å². The van der Waals surface area contributed by atoms with Crippen LogP contribution in [0.3, 0.4) is 0 Å². The standard InChI is InChI=1S/C12H9PS2/c1-2-6-10(7-3-1)13-14-11-8-4-5-9-12(11)15-13/h1-9H. The van der Waals surface area contributed by atoms with Crippen LogP contribution in [0.2, 0.25) is 0 Å². The Morgan fingerprint density at radius 1 is 0.667 bits per heavy atom. The molecule has 15 heavy (non-hydrogen) atoms. The van der Waals surface area contributed by atoms with E-state index in [2.05, 4.69) is 54.6 Å². The summed E-state index contributed by atoms with van der Waals surface area (Å²) in [6.45, 7) is 0. The number of benzene rings is 2. The van der Waals surface area contributed by atoms with Crippen molar-refractivity contribution in [1.29, 1.82) is 0 Å². The second kappa shape index (κ2) is 4.21. The summed E-state index contributed by atoms with van der Waals surface area (Å²) < 4.78 is 0. The molecular formula is C12H9PS2. The van der Waals surface area contributed by atoms with Gasteiger partial charge in [-0.3, -0.25) is 0 Å². The largest absolute Gasteiger partial charge is 0.0807 e. The van der Waals surface area contributed by atoms with Gasteiger partial charge in [-0.05, 0) is 17.4 Å². The van der Waals surface area contributed by atoms with Gasteiger partial charge in [-0.2, -0.15) is 0 Å². The normalized spacial score (nSPS) is 15.2. The molecule has 1 aliphatic rings. The Hall–Kier alpha value is -0.430. The quantitative estimate of drug-likeness (QED) is 0.680. The molecule has 0 nitrogen and oxygen atoms in total. The van der Waals surface area contributed by atoms with Crippen molar-refractivity contribution in [1.82, 2.24) is 0 Å². The van der Waals surface area contributed by atoms with Gasteiger partial charge in [0.15, 0.2) is 0 Å². The Morgan fingerprint density at radius 3 is 1.80 bits per heavy atom. The molecule has 0 saturated heterocycles. The van der Waals surface area contributed by atoms with Gasteiger partial charge in [0, 0.05) is 9.79 Å². The molecule has 0 spiro atoms. The molecule has 3 rings (SSSR count). The third-order valence-corrected chi connectivity index (χ3v) is 9.25. The van der Waals surface area contributed by atoms with Gasteiger partial charge in [0.05, 0.1) is 6.33 Å². The zero-order chi connectivity index (χ0) is 10.1. The highest BCUT2D eigenvalue weighted by molar-refractivity contribution is 8.91. The lowest BCUT2D eigenvalue weighted by molar-refractivity contribution is 1.27. The van der Waals surface area contributed by atoms with Crippen molar-refractivity contribution in [2.24, 2.45) is 0 Å². The van der Waals surface area contributed by atoms with Crippen molar-refractivity contribution < 1.29 is 0 Å². The molecule has 0 radical (unpaired) electrons. The number of hydrogen-bond acceptors (Lipinski definition) is 2. The summed E-state index contributed by atoms with van der Waals surface area (Å²) in [6.07, 6.45) is -0.134. The highest BCUT2D eigenvalue weighted by Gasteiger charge is 2.23. The molecule has 0 fully saturated rings. The number of fused-ring (bicyclic) bond motifs is 1. The lowest BCUT2D eigenvalue weighted by Crippen LogP contribution is -1.91. The Kier molecular flexibility index (Phi) is 2.74. The first-order chi connectivity index (χ1) is 7.43. The predicted molar refractivity (Wildman–Crippen MR) is 71.2 cm³/mol. The molecular weight excluding hydrogens is 239 g/mol. The van der Waals surface area contributed by atoms with E-state index < -0.39 is 0 Å². The van der Waals surface area contributed by atoms with Crippen LogP contribution in [0.5, 0.6) is 0 Å². The van der Waals surface area contributed by atoms with Crippen molar-refractivity contribution in [2.75, 3.05) is 0 Å². The fourth-order valence-corrected chi connectivity index (χ4v) is 8.97. The van der Waals surface area contributed by atoms with Gasteiger partial charge in [0.2, 0.25) is 0 Å². The van der Waals surface area contributed by atoms with Gasteiger partial charge in [-0.15, -0.1) is 0 Å². The third kappa shape index (κ3) is 1.94. The first kappa shape index (κ1) is 9.77. The molecule has 2 aromatic carbocycles. The van der Waals surface area contributed by atoms with E-state index in [1.165, 1.54) is 15.1 Å². The molecule has 0 aliphatic carbocycles. The minimum absolute atomic E-state index is 0.134. The summed E-state index contributed by atoms with van der Waals surface area (Å²) in [6, 6.07) is 19.5. The summed E-state index contributed by atoms with van der Waals surface area (Å²) in [5.74, 6) is 0. The lowest BCUT2D eigenvalue weighted by Gasteiger charge is -2.06. The van der Waals surface area contributed by atoms with Crippen LogP contribution in [0.4, 0.5) is 0 Å². The molecule has 0 unspecified atom stereocenters. The van der Waals surface area contributed by atoms with Gasteiger partial charge >= 0.3 is 0 Å². The van der Waals surface area contributed by atoms with E-state index in [0.29, 0.717) is 0 Å². The van der Waals surface area contributed by atoms with E-state index in [9.17, 15) is 0 Å². The van der Waals surface area contributed by atoms with Crippen molar-refractivity contribution >= 4 is 34.4 Å². The molecule has 3 heteroatoms. The Bertz CT molecular complexity index is 445. The van der Waals surface area contributed by atoms with Crippen molar-refractivity contribution in [3.8, 4) is 0 Å². The maximum atomic E-state index is 2.23. The SMILES string of the molecule is c1ccc(P2Sc3ccccc3S2)cc1. The fourth-order valence-electron chi connectivity index (χ4n) is 1.45. The summed E-state index contributed by atoms with van der Waals surface area (Å²) in [7, 11) is 0. The summed E-state index contributed by atoms with van der Waals surface area (Å²) in [5, 5.41) is 1.47. The minimum Gasteiger partial charge on any atom is -0.0807 e. The summed E-state index contributed by atoms with van der Waals surface area (Å²) >= 11 is 4.03. The molecule has 0 atom stereocenters. The molecule has 0 bridgehead atoms. The van der Waals surface area contributed by atoms with Crippen LogP contribution in [0.1, 0.15) is 0 Å². The Morgan fingerprint density at radius 2 is 1.20 bits per heavy atom. The highest BCUT2D eigenvalue weighted by atomic mass is 33.1.